The van der Waals surface area contributed by atoms with Gasteiger partial charge in [-0.3, -0.25) is 4.79 Å². The van der Waals surface area contributed by atoms with Gasteiger partial charge >= 0.3 is 0 Å². The molecule has 3 aliphatic rings. The van der Waals surface area contributed by atoms with Crippen molar-refractivity contribution in [3.8, 4) is 28.0 Å². The summed E-state index contributed by atoms with van der Waals surface area (Å²) in [4.78, 5) is 27.5. The Balaban J connectivity index is 1.19. The zero-order valence-electron chi connectivity index (χ0n) is 21.8. The molecule has 7 rings (SSSR count). The summed E-state index contributed by atoms with van der Waals surface area (Å²) in [5, 5.41) is 4.40. The van der Waals surface area contributed by atoms with Crippen LogP contribution in [0.15, 0.2) is 54.9 Å². The summed E-state index contributed by atoms with van der Waals surface area (Å²) in [6, 6.07) is 15.0. The summed E-state index contributed by atoms with van der Waals surface area (Å²) >= 11 is 0. The number of piperazine rings is 1. The van der Waals surface area contributed by atoms with E-state index in [4.69, 9.17) is 9.72 Å². The summed E-state index contributed by atoms with van der Waals surface area (Å²) in [6.07, 6.45) is 3.90. The molecule has 2 fully saturated rings. The number of hydrogen-bond donors (Lipinski definition) is 2. The highest BCUT2D eigenvalue weighted by Crippen LogP contribution is 2.45. The van der Waals surface area contributed by atoms with Crippen LogP contribution in [0.3, 0.4) is 0 Å². The summed E-state index contributed by atoms with van der Waals surface area (Å²) in [5.41, 5.74) is 8.22. The van der Waals surface area contributed by atoms with Gasteiger partial charge in [0.2, 0.25) is 0 Å². The molecule has 1 amide bonds. The van der Waals surface area contributed by atoms with Gasteiger partial charge < -0.3 is 29.7 Å². The van der Waals surface area contributed by atoms with E-state index in [0.29, 0.717) is 12.6 Å². The first-order valence-corrected chi connectivity index (χ1v) is 13.3. The van der Waals surface area contributed by atoms with Crippen molar-refractivity contribution < 1.29 is 9.53 Å². The number of ether oxygens (including phenoxy) is 1. The Kier molecular flexibility index (Phi) is 5.60. The molecule has 3 aliphatic heterocycles. The number of benzene rings is 2. The Labute approximate surface area is 222 Å². The van der Waals surface area contributed by atoms with Gasteiger partial charge in [0.25, 0.3) is 5.91 Å². The molecule has 0 aliphatic carbocycles. The fraction of sp³-hybridized carbons (Fsp3) is 0.333. The zero-order valence-corrected chi connectivity index (χ0v) is 21.8. The maximum atomic E-state index is 12.9. The van der Waals surface area contributed by atoms with Crippen molar-refractivity contribution in [2.24, 2.45) is 0 Å². The van der Waals surface area contributed by atoms with E-state index in [1.54, 1.807) is 0 Å². The number of rotatable bonds is 4. The minimum Gasteiger partial charge on any atom is -0.487 e. The molecule has 2 saturated heterocycles. The van der Waals surface area contributed by atoms with Crippen molar-refractivity contribution >= 4 is 22.6 Å². The Bertz CT molecular complexity index is 1510. The van der Waals surface area contributed by atoms with Crippen molar-refractivity contribution in [2.75, 3.05) is 58.3 Å². The van der Waals surface area contributed by atoms with E-state index in [-0.39, 0.29) is 5.91 Å². The quantitative estimate of drug-likeness (QED) is 0.439. The first-order valence-electron chi connectivity index (χ1n) is 13.3. The molecule has 2 N–H and O–H groups in total. The highest BCUT2D eigenvalue weighted by Gasteiger charge is 2.32. The van der Waals surface area contributed by atoms with Gasteiger partial charge in [-0.15, -0.1) is 0 Å². The third-order valence-corrected chi connectivity index (χ3v) is 8.21. The summed E-state index contributed by atoms with van der Waals surface area (Å²) in [7, 11) is 4.12. The van der Waals surface area contributed by atoms with Crippen molar-refractivity contribution in [3.05, 3.63) is 66.0 Å². The number of nitrogens with one attached hydrogen (secondary N) is 2. The lowest BCUT2D eigenvalue weighted by atomic mass is 9.94. The highest BCUT2D eigenvalue weighted by molar-refractivity contribution is 6.03. The number of carbonyl (C=O) groups excluding carboxylic acids is 1. The number of H-pyrrole nitrogens is 1. The standard InChI is InChI=1S/C30H32N6O2/c1-34(2)23-16-36(17-23)30(37)20-5-3-19(4-6-20)25-14-32-29-27(25)28-26(15-33-29)24-8-7-22(13-21(24)18-38-28)35-11-9-31-10-12-35/h3-8,13-15,23,31H,9-12,16-18H2,1-2H3,(H,32,33). The Hall–Kier alpha value is -3.88. The summed E-state index contributed by atoms with van der Waals surface area (Å²) in [6.45, 7) is 6.15. The number of amides is 1. The minimum absolute atomic E-state index is 0.0905. The predicted molar refractivity (Wildman–Crippen MR) is 150 cm³/mol. The zero-order chi connectivity index (χ0) is 25.8. The van der Waals surface area contributed by atoms with Gasteiger partial charge in [0.15, 0.2) is 0 Å². The van der Waals surface area contributed by atoms with E-state index in [0.717, 1.165) is 78.3 Å². The second-order valence-electron chi connectivity index (χ2n) is 10.7. The monoisotopic (exact) mass is 508 g/mol. The predicted octanol–water partition coefficient (Wildman–Crippen LogP) is 3.58. The lowest BCUT2D eigenvalue weighted by Crippen LogP contribution is -2.59. The lowest BCUT2D eigenvalue weighted by molar-refractivity contribution is 0.0399. The molecule has 2 aromatic carbocycles. The SMILES string of the molecule is CN(C)C1CN(C(=O)c2ccc(-c3c[nH]c4ncc5c(c34)OCc3cc(N4CCNCC4)ccc3-5)cc2)C1. The van der Waals surface area contributed by atoms with E-state index >= 15 is 0 Å². The third kappa shape index (κ3) is 3.83. The van der Waals surface area contributed by atoms with Crippen molar-refractivity contribution in [3.63, 3.8) is 0 Å². The summed E-state index contributed by atoms with van der Waals surface area (Å²) in [5.74, 6) is 0.955. The van der Waals surface area contributed by atoms with E-state index in [1.165, 1.54) is 16.8 Å². The number of likely N-dealkylation sites (tertiary alicyclic amines) is 1. The van der Waals surface area contributed by atoms with E-state index in [9.17, 15) is 4.79 Å². The molecule has 0 radical (unpaired) electrons. The lowest BCUT2D eigenvalue weighted by Gasteiger charge is -2.42. The molecular weight excluding hydrogens is 476 g/mol. The van der Waals surface area contributed by atoms with Crippen LogP contribution >= 0.6 is 0 Å². The van der Waals surface area contributed by atoms with Crippen LogP contribution in [0.25, 0.3) is 33.3 Å². The second kappa shape index (κ2) is 9.15. The molecule has 0 unspecified atom stereocenters. The van der Waals surface area contributed by atoms with Gasteiger partial charge in [-0.2, -0.15) is 0 Å². The number of pyridine rings is 1. The molecule has 38 heavy (non-hydrogen) atoms. The van der Waals surface area contributed by atoms with Crippen molar-refractivity contribution in [1.29, 1.82) is 0 Å². The van der Waals surface area contributed by atoms with E-state index in [1.807, 2.05) is 41.6 Å². The van der Waals surface area contributed by atoms with Crippen LogP contribution in [0.1, 0.15) is 15.9 Å². The van der Waals surface area contributed by atoms with Gasteiger partial charge in [0.05, 0.1) is 5.39 Å². The largest absolute Gasteiger partial charge is 0.487 e. The van der Waals surface area contributed by atoms with Crippen LogP contribution in [0.5, 0.6) is 5.75 Å². The number of carbonyl (C=O) groups is 1. The molecular formula is C30H32N6O2. The van der Waals surface area contributed by atoms with Crippen LogP contribution in [-0.4, -0.2) is 85.1 Å². The van der Waals surface area contributed by atoms with Crippen LogP contribution in [0.2, 0.25) is 0 Å². The number of nitrogens with zero attached hydrogens (tertiary/aromatic N) is 4. The van der Waals surface area contributed by atoms with Gasteiger partial charge in [-0.1, -0.05) is 18.2 Å². The Morgan fingerprint density at radius 2 is 1.82 bits per heavy atom. The van der Waals surface area contributed by atoms with Crippen LogP contribution in [-0.2, 0) is 6.61 Å². The second-order valence-corrected chi connectivity index (χ2v) is 10.7. The van der Waals surface area contributed by atoms with Gasteiger partial charge in [-0.05, 0) is 55.1 Å². The van der Waals surface area contributed by atoms with Gasteiger partial charge in [0, 0.05) is 80.1 Å². The molecule has 0 atom stereocenters. The maximum absolute atomic E-state index is 12.9. The first-order chi connectivity index (χ1) is 18.6. The van der Waals surface area contributed by atoms with Crippen LogP contribution < -0.4 is 15.0 Å². The molecule has 0 spiro atoms. The third-order valence-electron chi connectivity index (χ3n) is 8.21. The van der Waals surface area contributed by atoms with E-state index in [2.05, 4.69) is 52.4 Å². The van der Waals surface area contributed by atoms with Gasteiger partial charge in [0.1, 0.15) is 18.0 Å². The Morgan fingerprint density at radius 3 is 2.58 bits per heavy atom. The average molecular weight is 509 g/mol. The normalized spacial score (nSPS) is 17.2. The fourth-order valence-corrected chi connectivity index (χ4v) is 5.79. The molecule has 4 aromatic rings. The number of aromatic amines is 1. The maximum Gasteiger partial charge on any atom is 0.253 e. The minimum atomic E-state index is 0.0905. The number of hydrogen-bond acceptors (Lipinski definition) is 6. The number of likely N-dealkylation sites (N-methyl/N-ethyl adjacent to an activating group) is 1. The van der Waals surface area contributed by atoms with Crippen LogP contribution in [0, 0.1) is 0 Å². The van der Waals surface area contributed by atoms with Gasteiger partial charge in [-0.25, -0.2) is 4.98 Å². The topological polar surface area (TPSA) is 76.7 Å². The first kappa shape index (κ1) is 23.3. The molecule has 0 bridgehead atoms. The number of aromatic nitrogens is 2. The highest BCUT2D eigenvalue weighted by atomic mass is 16.5. The number of anilines is 1. The molecule has 2 aromatic heterocycles. The summed E-state index contributed by atoms with van der Waals surface area (Å²) < 4.78 is 6.42. The molecule has 8 nitrogen and oxygen atoms in total. The number of fused-ring (bicyclic) bond motifs is 5. The smallest absolute Gasteiger partial charge is 0.253 e. The van der Waals surface area contributed by atoms with E-state index < -0.39 is 0 Å². The van der Waals surface area contributed by atoms with Crippen molar-refractivity contribution in [1.82, 2.24) is 25.1 Å². The molecule has 194 valence electrons. The van der Waals surface area contributed by atoms with Crippen LogP contribution in [0.4, 0.5) is 5.69 Å². The fourth-order valence-electron chi connectivity index (χ4n) is 5.79. The molecule has 0 saturated carbocycles. The Morgan fingerprint density at radius 1 is 1.03 bits per heavy atom. The molecule has 5 heterocycles. The molecule has 8 heteroatoms. The van der Waals surface area contributed by atoms with Crippen molar-refractivity contribution in [2.45, 2.75) is 12.6 Å². The average Bonchev–Trinajstić information content (AvgIpc) is 3.37.